The first-order valence-electron chi connectivity index (χ1n) is 7.55. The number of hydrogen-bond donors (Lipinski definition) is 2. The Bertz CT molecular complexity index is 667. The van der Waals surface area contributed by atoms with Gasteiger partial charge in [-0.15, -0.1) is 0 Å². The third-order valence-electron chi connectivity index (χ3n) is 4.07. The van der Waals surface area contributed by atoms with Crippen LogP contribution in [0.25, 0.3) is 11.1 Å². The van der Waals surface area contributed by atoms with E-state index in [0.29, 0.717) is 29.2 Å². The lowest BCUT2D eigenvalue weighted by molar-refractivity contribution is -0.127. The van der Waals surface area contributed by atoms with Gasteiger partial charge in [-0.2, -0.15) is 0 Å². The van der Waals surface area contributed by atoms with E-state index in [1.165, 1.54) is 0 Å². The summed E-state index contributed by atoms with van der Waals surface area (Å²) >= 11 is 0. The normalized spacial score (nSPS) is 21.7. The summed E-state index contributed by atoms with van der Waals surface area (Å²) < 4.78 is 10.7. The second-order valence-corrected chi connectivity index (χ2v) is 5.68. The third kappa shape index (κ3) is 3.22. The number of benzene rings is 1. The third-order valence-corrected chi connectivity index (χ3v) is 4.07. The number of carbonyl (C=O) groups is 1. The SMILES string of the molecule is COc1ccc2oc(CNC(=O)[C@@H]3CCC[C@@H](O)C3)nc2c1. The van der Waals surface area contributed by atoms with Crippen LogP contribution in [0.1, 0.15) is 31.6 Å². The molecule has 1 aliphatic rings. The molecular formula is C16H20N2O4. The number of aliphatic hydroxyl groups is 1. The number of carbonyl (C=O) groups excluding carboxylic acids is 1. The summed E-state index contributed by atoms with van der Waals surface area (Å²) in [6.07, 6.45) is 2.68. The molecule has 6 heteroatoms. The molecule has 22 heavy (non-hydrogen) atoms. The van der Waals surface area contributed by atoms with Crippen LogP contribution in [0.15, 0.2) is 22.6 Å². The number of nitrogens with zero attached hydrogens (tertiary/aromatic N) is 1. The zero-order chi connectivity index (χ0) is 15.5. The van der Waals surface area contributed by atoms with E-state index in [-0.39, 0.29) is 24.5 Å². The predicted octanol–water partition coefficient (Wildman–Crippen LogP) is 2.00. The highest BCUT2D eigenvalue weighted by molar-refractivity contribution is 5.79. The highest BCUT2D eigenvalue weighted by Crippen LogP contribution is 2.25. The van der Waals surface area contributed by atoms with Crippen molar-refractivity contribution < 1.29 is 19.1 Å². The number of nitrogens with one attached hydrogen (secondary N) is 1. The van der Waals surface area contributed by atoms with Gasteiger partial charge in [-0.25, -0.2) is 4.98 Å². The van der Waals surface area contributed by atoms with Crippen molar-refractivity contribution in [2.75, 3.05) is 7.11 Å². The van der Waals surface area contributed by atoms with Crippen LogP contribution in [0.5, 0.6) is 5.75 Å². The van der Waals surface area contributed by atoms with Gasteiger partial charge in [0, 0.05) is 12.0 Å². The molecule has 1 heterocycles. The number of ether oxygens (including phenoxy) is 1. The molecule has 1 aromatic heterocycles. The van der Waals surface area contributed by atoms with E-state index in [0.717, 1.165) is 19.3 Å². The molecule has 2 atom stereocenters. The van der Waals surface area contributed by atoms with Gasteiger partial charge in [-0.3, -0.25) is 4.79 Å². The standard InChI is InChI=1S/C16H20N2O4/c1-21-12-5-6-14-13(8-12)18-15(22-14)9-17-16(20)10-3-2-4-11(19)7-10/h5-6,8,10-11,19H,2-4,7,9H2,1H3,(H,17,20)/t10-,11-/m1/s1. The van der Waals surface area contributed by atoms with Crippen molar-refractivity contribution >= 4 is 17.0 Å². The van der Waals surface area contributed by atoms with Crippen molar-refractivity contribution in [2.24, 2.45) is 5.92 Å². The van der Waals surface area contributed by atoms with Crippen molar-refractivity contribution in [3.63, 3.8) is 0 Å². The van der Waals surface area contributed by atoms with Gasteiger partial charge in [0.05, 0.1) is 19.8 Å². The number of fused-ring (bicyclic) bond motifs is 1. The van der Waals surface area contributed by atoms with E-state index in [1.807, 2.05) is 0 Å². The zero-order valence-electron chi connectivity index (χ0n) is 12.5. The lowest BCUT2D eigenvalue weighted by Gasteiger charge is -2.24. The molecule has 2 aromatic rings. The maximum atomic E-state index is 12.1. The van der Waals surface area contributed by atoms with Crippen LogP contribution in [0, 0.1) is 5.92 Å². The van der Waals surface area contributed by atoms with Crippen LogP contribution >= 0.6 is 0 Å². The Kier molecular flexibility index (Phi) is 4.29. The van der Waals surface area contributed by atoms with Gasteiger partial charge >= 0.3 is 0 Å². The first-order chi connectivity index (χ1) is 10.7. The average Bonchev–Trinajstić information content (AvgIpc) is 2.94. The van der Waals surface area contributed by atoms with E-state index in [1.54, 1.807) is 25.3 Å². The second-order valence-electron chi connectivity index (χ2n) is 5.68. The number of aromatic nitrogens is 1. The Morgan fingerprint density at radius 3 is 3.14 bits per heavy atom. The Morgan fingerprint density at radius 2 is 2.36 bits per heavy atom. The molecule has 2 N–H and O–H groups in total. The summed E-state index contributed by atoms with van der Waals surface area (Å²) in [5.74, 6) is 1.02. The molecule has 0 spiro atoms. The molecule has 1 saturated carbocycles. The molecular weight excluding hydrogens is 284 g/mol. The van der Waals surface area contributed by atoms with E-state index < -0.39 is 0 Å². The second kappa shape index (κ2) is 6.36. The number of rotatable bonds is 4. The van der Waals surface area contributed by atoms with E-state index in [9.17, 15) is 9.90 Å². The zero-order valence-corrected chi connectivity index (χ0v) is 12.5. The predicted molar refractivity (Wildman–Crippen MR) is 80.4 cm³/mol. The highest BCUT2D eigenvalue weighted by atomic mass is 16.5. The average molecular weight is 304 g/mol. The van der Waals surface area contributed by atoms with Crippen LogP contribution < -0.4 is 10.1 Å². The Labute approximate surface area is 128 Å². The lowest BCUT2D eigenvalue weighted by atomic mass is 9.87. The van der Waals surface area contributed by atoms with Gasteiger partial charge in [0.2, 0.25) is 11.8 Å². The van der Waals surface area contributed by atoms with Gasteiger partial charge in [-0.1, -0.05) is 6.42 Å². The molecule has 0 aliphatic heterocycles. The molecule has 1 aromatic carbocycles. The number of amides is 1. The van der Waals surface area contributed by atoms with Crippen LogP contribution in [0.4, 0.5) is 0 Å². The van der Waals surface area contributed by atoms with Gasteiger partial charge in [0.25, 0.3) is 0 Å². The molecule has 0 saturated heterocycles. The van der Waals surface area contributed by atoms with Gasteiger partial charge in [0.1, 0.15) is 11.3 Å². The molecule has 3 rings (SSSR count). The molecule has 118 valence electrons. The van der Waals surface area contributed by atoms with Gasteiger partial charge in [-0.05, 0) is 31.4 Å². The Morgan fingerprint density at radius 1 is 1.50 bits per heavy atom. The van der Waals surface area contributed by atoms with Crippen molar-refractivity contribution in [1.82, 2.24) is 10.3 Å². The minimum absolute atomic E-state index is 0.0430. The quantitative estimate of drug-likeness (QED) is 0.902. The fraction of sp³-hybridized carbons (Fsp3) is 0.500. The monoisotopic (exact) mass is 304 g/mol. The van der Waals surface area contributed by atoms with Gasteiger partial charge < -0.3 is 19.6 Å². The summed E-state index contributed by atoms with van der Waals surface area (Å²) in [4.78, 5) is 16.5. The van der Waals surface area contributed by atoms with Gasteiger partial charge in [0.15, 0.2) is 5.58 Å². The maximum absolute atomic E-state index is 12.1. The smallest absolute Gasteiger partial charge is 0.223 e. The molecule has 0 radical (unpaired) electrons. The molecule has 6 nitrogen and oxygen atoms in total. The van der Waals surface area contributed by atoms with Crippen molar-refractivity contribution in [3.8, 4) is 5.75 Å². The molecule has 1 amide bonds. The largest absolute Gasteiger partial charge is 0.497 e. The summed E-state index contributed by atoms with van der Waals surface area (Å²) in [6.45, 7) is 0.252. The van der Waals surface area contributed by atoms with Crippen molar-refractivity contribution in [3.05, 3.63) is 24.1 Å². The summed E-state index contributed by atoms with van der Waals surface area (Å²) in [5.41, 5.74) is 1.37. The molecule has 0 unspecified atom stereocenters. The van der Waals surface area contributed by atoms with Crippen LogP contribution in [0.2, 0.25) is 0 Å². The molecule has 1 fully saturated rings. The fourth-order valence-corrected chi connectivity index (χ4v) is 2.87. The number of hydrogen-bond acceptors (Lipinski definition) is 5. The Balaban J connectivity index is 1.62. The molecule has 0 bridgehead atoms. The lowest BCUT2D eigenvalue weighted by Crippen LogP contribution is -2.34. The van der Waals surface area contributed by atoms with E-state index in [2.05, 4.69) is 10.3 Å². The van der Waals surface area contributed by atoms with E-state index >= 15 is 0 Å². The first-order valence-corrected chi connectivity index (χ1v) is 7.55. The summed E-state index contributed by atoms with van der Waals surface area (Å²) in [7, 11) is 1.60. The fourth-order valence-electron chi connectivity index (χ4n) is 2.87. The maximum Gasteiger partial charge on any atom is 0.223 e. The van der Waals surface area contributed by atoms with Crippen LogP contribution in [0.3, 0.4) is 0 Å². The minimum Gasteiger partial charge on any atom is -0.497 e. The number of aliphatic hydroxyl groups excluding tert-OH is 1. The summed E-state index contributed by atoms with van der Waals surface area (Å²) in [5, 5.41) is 12.5. The topological polar surface area (TPSA) is 84.6 Å². The minimum atomic E-state index is -0.360. The Hall–Kier alpha value is -2.08. The van der Waals surface area contributed by atoms with Crippen LogP contribution in [-0.2, 0) is 11.3 Å². The first kappa shape index (κ1) is 14.8. The summed E-state index contributed by atoms with van der Waals surface area (Å²) in [6, 6.07) is 5.39. The van der Waals surface area contributed by atoms with Crippen molar-refractivity contribution in [2.45, 2.75) is 38.3 Å². The van der Waals surface area contributed by atoms with E-state index in [4.69, 9.17) is 9.15 Å². The van der Waals surface area contributed by atoms with Crippen molar-refractivity contribution in [1.29, 1.82) is 0 Å². The van der Waals surface area contributed by atoms with Crippen LogP contribution in [-0.4, -0.2) is 29.2 Å². The number of methoxy groups -OCH3 is 1. The molecule has 1 aliphatic carbocycles. The highest BCUT2D eigenvalue weighted by Gasteiger charge is 2.26. The number of oxazole rings is 1.